The molecule has 0 saturated carbocycles. The summed E-state index contributed by atoms with van der Waals surface area (Å²) in [5.41, 5.74) is 9.96. The minimum Gasteiger partial charge on any atom is -0.495 e. The van der Waals surface area contributed by atoms with Crippen molar-refractivity contribution in [1.82, 2.24) is 15.0 Å². The second-order valence-corrected chi connectivity index (χ2v) is 4.98. The Morgan fingerprint density at radius 2 is 1.67 bits per heavy atom. The van der Waals surface area contributed by atoms with Crippen LogP contribution in [0, 0.1) is 0 Å². The molecule has 21 heavy (non-hydrogen) atoms. The van der Waals surface area contributed by atoms with Crippen molar-refractivity contribution < 1.29 is 4.74 Å². The first-order valence-corrected chi connectivity index (χ1v) is 6.57. The molecular formula is C15H17N5O. The second kappa shape index (κ2) is 4.97. The van der Waals surface area contributed by atoms with Gasteiger partial charge in [0.05, 0.1) is 18.5 Å². The summed E-state index contributed by atoms with van der Waals surface area (Å²) in [7, 11) is 5.59. The summed E-state index contributed by atoms with van der Waals surface area (Å²) >= 11 is 0. The van der Waals surface area contributed by atoms with Gasteiger partial charge in [-0.1, -0.05) is 0 Å². The van der Waals surface area contributed by atoms with E-state index < -0.39 is 0 Å². The van der Waals surface area contributed by atoms with E-state index in [9.17, 15) is 0 Å². The van der Waals surface area contributed by atoms with Gasteiger partial charge in [-0.3, -0.25) is 0 Å². The maximum atomic E-state index is 5.89. The van der Waals surface area contributed by atoms with E-state index in [2.05, 4.69) is 10.2 Å². The van der Waals surface area contributed by atoms with Crippen LogP contribution in [0.2, 0.25) is 0 Å². The van der Waals surface area contributed by atoms with Crippen LogP contribution in [-0.2, 0) is 0 Å². The Morgan fingerprint density at radius 1 is 1.05 bits per heavy atom. The highest BCUT2D eigenvalue weighted by Gasteiger charge is 2.09. The molecule has 0 unspecified atom stereocenters. The molecule has 6 heteroatoms. The number of hydrogen-bond acceptors (Lipinski definition) is 5. The fourth-order valence-electron chi connectivity index (χ4n) is 2.14. The van der Waals surface area contributed by atoms with Gasteiger partial charge in [-0.25, -0.2) is 0 Å². The van der Waals surface area contributed by atoms with E-state index >= 15 is 0 Å². The van der Waals surface area contributed by atoms with E-state index in [-0.39, 0.29) is 0 Å². The average molecular weight is 283 g/mol. The van der Waals surface area contributed by atoms with Gasteiger partial charge in [0, 0.05) is 25.8 Å². The molecule has 2 N–H and O–H groups in total. The van der Waals surface area contributed by atoms with Gasteiger partial charge in [-0.15, -0.1) is 10.2 Å². The van der Waals surface area contributed by atoms with Crippen LogP contribution in [0.25, 0.3) is 16.7 Å². The Balaban J connectivity index is 2.04. The van der Waals surface area contributed by atoms with E-state index in [1.54, 1.807) is 24.0 Å². The minimum absolute atomic E-state index is 0.556. The van der Waals surface area contributed by atoms with E-state index in [0.29, 0.717) is 11.4 Å². The molecule has 0 aliphatic rings. The first-order chi connectivity index (χ1) is 10.1. The quantitative estimate of drug-likeness (QED) is 0.745. The highest BCUT2D eigenvalue weighted by atomic mass is 16.5. The summed E-state index contributed by atoms with van der Waals surface area (Å²) in [4.78, 5) is 3.64. The summed E-state index contributed by atoms with van der Waals surface area (Å²) in [5.74, 6) is 0.609. The fourth-order valence-corrected chi connectivity index (χ4v) is 2.14. The molecule has 6 nitrogen and oxygen atoms in total. The van der Waals surface area contributed by atoms with Crippen LogP contribution >= 0.6 is 0 Å². The molecule has 0 saturated heterocycles. The fraction of sp³-hybridized carbons (Fsp3) is 0.200. The van der Waals surface area contributed by atoms with Crippen molar-refractivity contribution in [1.29, 1.82) is 0 Å². The van der Waals surface area contributed by atoms with Gasteiger partial charge in [-0.05, 0) is 30.3 Å². The number of nitrogens with zero attached hydrogens (tertiary/aromatic N) is 4. The lowest BCUT2D eigenvalue weighted by Gasteiger charge is -2.12. The second-order valence-electron chi connectivity index (χ2n) is 4.98. The third kappa shape index (κ3) is 2.35. The first kappa shape index (κ1) is 13.2. The summed E-state index contributed by atoms with van der Waals surface area (Å²) in [6.07, 6.45) is 0. The minimum atomic E-state index is 0.556. The number of nitrogens with two attached hydrogens (primary N) is 1. The van der Waals surface area contributed by atoms with Crippen molar-refractivity contribution in [3.63, 3.8) is 0 Å². The highest BCUT2D eigenvalue weighted by Crippen LogP contribution is 2.26. The number of hydrogen-bond donors (Lipinski definition) is 1. The Labute approximate surface area is 122 Å². The van der Waals surface area contributed by atoms with Crippen molar-refractivity contribution >= 4 is 22.4 Å². The van der Waals surface area contributed by atoms with E-state index in [0.717, 1.165) is 22.4 Å². The highest BCUT2D eigenvalue weighted by molar-refractivity contribution is 5.81. The first-order valence-electron chi connectivity index (χ1n) is 6.57. The Kier molecular flexibility index (Phi) is 3.13. The molecule has 2 aromatic carbocycles. The smallest absolute Gasteiger partial charge is 0.144 e. The van der Waals surface area contributed by atoms with Gasteiger partial charge in [0.1, 0.15) is 16.8 Å². The molecule has 3 rings (SSSR count). The molecule has 0 aliphatic heterocycles. The molecule has 0 amide bonds. The average Bonchev–Trinajstić information content (AvgIpc) is 2.89. The molecule has 1 aromatic heterocycles. The van der Waals surface area contributed by atoms with Crippen molar-refractivity contribution in [2.75, 3.05) is 31.8 Å². The number of benzene rings is 2. The van der Waals surface area contributed by atoms with Crippen LogP contribution in [0.15, 0.2) is 36.4 Å². The van der Waals surface area contributed by atoms with Crippen molar-refractivity contribution in [3.05, 3.63) is 36.4 Å². The number of fused-ring (bicyclic) bond motifs is 1. The zero-order chi connectivity index (χ0) is 15.0. The van der Waals surface area contributed by atoms with Crippen molar-refractivity contribution in [2.45, 2.75) is 0 Å². The number of rotatable bonds is 3. The van der Waals surface area contributed by atoms with E-state index in [1.807, 2.05) is 43.3 Å². The maximum Gasteiger partial charge on any atom is 0.144 e. The molecule has 1 heterocycles. The number of ether oxygens (including phenoxy) is 1. The Bertz CT molecular complexity index is 777. The monoisotopic (exact) mass is 283 g/mol. The maximum absolute atomic E-state index is 5.89. The predicted molar refractivity (Wildman–Crippen MR) is 84.2 cm³/mol. The van der Waals surface area contributed by atoms with Crippen LogP contribution in [0.1, 0.15) is 0 Å². The summed E-state index contributed by atoms with van der Waals surface area (Å²) in [6.45, 7) is 0. The Morgan fingerprint density at radius 3 is 2.24 bits per heavy atom. The molecule has 3 aromatic rings. The summed E-state index contributed by atoms with van der Waals surface area (Å²) < 4.78 is 5.20. The topological polar surface area (TPSA) is 69.2 Å². The van der Waals surface area contributed by atoms with Crippen LogP contribution < -0.4 is 15.4 Å². The zero-order valence-corrected chi connectivity index (χ0v) is 12.2. The predicted octanol–water partition coefficient (Wildman–Crippen LogP) is 2.08. The molecule has 0 aliphatic carbocycles. The number of nitrogen functional groups attached to an aromatic ring is 1. The van der Waals surface area contributed by atoms with Crippen molar-refractivity contribution in [3.8, 4) is 11.4 Å². The third-order valence-electron chi connectivity index (χ3n) is 3.33. The molecule has 0 radical (unpaired) electrons. The van der Waals surface area contributed by atoms with Crippen LogP contribution in [0.5, 0.6) is 5.75 Å². The number of methoxy groups -OCH3 is 1. The van der Waals surface area contributed by atoms with E-state index in [4.69, 9.17) is 10.5 Å². The summed E-state index contributed by atoms with van der Waals surface area (Å²) in [6, 6.07) is 11.6. The summed E-state index contributed by atoms with van der Waals surface area (Å²) in [5, 5.41) is 8.91. The van der Waals surface area contributed by atoms with E-state index in [1.165, 1.54) is 0 Å². The molecular weight excluding hydrogens is 266 g/mol. The molecule has 0 bridgehead atoms. The van der Waals surface area contributed by atoms with Crippen LogP contribution in [0.3, 0.4) is 0 Å². The molecule has 0 fully saturated rings. The van der Waals surface area contributed by atoms with Gasteiger partial charge in [0.25, 0.3) is 0 Å². The van der Waals surface area contributed by atoms with Gasteiger partial charge in [-0.2, -0.15) is 4.80 Å². The number of anilines is 2. The molecule has 108 valence electrons. The van der Waals surface area contributed by atoms with Gasteiger partial charge in [0.2, 0.25) is 0 Å². The third-order valence-corrected chi connectivity index (χ3v) is 3.33. The van der Waals surface area contributed by atoms with Gasteiger partial charge >= 0.3 is 0 Å². The van der Waals surface area contributed by atoms with Gasteiger partial charge in [0.15, 0.2) is 0 Å². The molecule has 0 spiro atoms. The number of aromatic nitrogens is 3. The van der Waals surface area contributed by atoms with Crippen LogP contribution in [0.4, 0.5) is 11.4 Å². The lowest BCUT2D eigenvalue weighted by molar-refractivity contribution is 0.417. The Hall–Kier alpha value is -2.76. The normalized spacial score (nSPS) is 10.8. The lowest BCUT2D eigenvalue weighted by atomic mass is 10.2. The lowest BCUT2D eigenvalue weighted by Crippen LogP contribution is -2.08. The largest absolute Gasteiger partial charge is 0.495 e. The van der Waals surface area contributed by atoms with Gasteiger partial charge < -0.3 is 15.4 Å². The SMILES string of the molecule is COc1cc2nn(-c3ccc(N(C)C)cc3)nc2cc1N. The van der Waals surface area contributed by atoms with Crippen molar-refractivity contribution in [2.24, 2.45) is 0 Å². The van der Waals surface area contributed by atoms with Crippen LogP contribution in [-0.4, -0.2) is 36.2 Å². The standard InChI is InChI=1S/C15H17N5O/c1-19(2)10-4-6-11(7-5-10)20-17-13-8-12(16)15(21-3)9-14(13)18-20/h4-9H,16H2,1-3H3. The zero-order valence-electron chi connectivity index (χ0n) is 12.2. The molecule has 0 atom stereocenters.